The molecular weight excluding hydrogens is 533 g/mol. The van der Waals surface area contributed by atoms with Crippen LogP contribution < -0.4 is 14.4 Å². The van der Waals surface area contributed by atoms with Crippen LogP contribution in [0.2, 0.25) is 0 Å². The van der Waals surface area contributed by atoms with E-state index in [1.54, 1.807) is 6.92 Å². The van der Waals surface area contributed by atoms with Crippen molar-refractivity contribution in [1.29, 1.82) is 0 Å². The number of hydrogen-bond donors (Lipinski definition) is 1. The molecule has 0 heterocycles. The fraction of sp³-hybridized carbons (Fsp3) is 0.333. The third-order valence-corrected chi connectivity index (χ3v) is 8.28. The molecule has 1 atom stereocenters. The molecule has 10 heteroatoms. The Morgan fingerprint density at radius 1 is 0.950 bits per heavy atom. The van der Waals surface area contributed by atoms with Crippen LogP contribution in [0, 0.1) is 18.7 Å². The van der Waals surface area contributed by atoms with Gasteiger partial charge in [-0.15, -0.1) is 0 Å². The molecule has 3 aromatic carbocycles. The first kappa shape index (κ1) is 30.6. The van der Waals surface area contributed by atoms with Crippen molar-refractivity contribution < 1.29 is 27.1 Å². The van der Waals surface area contributed by atoms with E-state index >= 15 is 0 Å². The second kappa shape index (κ2) is 13.4. The first-order valence-electron chi connectivity index (χ1n) is 13.0. The van der Waals surface area contributed by atoms with Gasteiger partial charge in [-0.3, -0.25) is 13.9 Å². The van der Waals surface area contributed by atoms with E-state index in [1.165, 1.54) is 48.4 Å². The van der Waals surface area contributed by atoms with Crippen molar-refractivity contribution in [2.24, 2.45) is 5.92 Å². The fourth-order valence-corrected chi connectivity index (χ4v) is 5.43. The second-order valence-corrected chi connectivity index (χ2v) is 11.8. The lowest BCUT2D eigenvalue weighted by atomic mass is 10.1. The van der Waals surface area contributed by atoms with Gasteiger partial charge in [0.2, 0.25) is 11.8 Å². The van der Waals surface area contributed by atoms with E-state index in [4.69, 9.17) is 4.74 Å². The van der Waals surface area contributed by atoms with Crippen molar-refractivity contribution in [3.05, 3.63) is 89.7 Å². The minimum Gasteiger partial charge on any atom is -0.497 e. The fourth-order valence-electron chi connectivity index (χ4n) is 4.02. The summed E-state index contributed by atoms with van der Waals surface area (Å²) in [4.78, 5) is 28.3. The van der Waals surface area contributed by atoms with Crippen LogP contribution in [0.25, 0.3) is 0 Å². The van der Waals surface area contributed by atoms with E-state index < -0.39 is 34.3 Å². The Hall–Kier alpha value is -3.92. The number of ether oxygens (including phenoxy) is 1. The van der Waals surface area contributed by atoms with Crippen LogP contribution >= 0.6 is 0 Å². The molecule has 0 aliphatic heterocycles. The molecule has 0 bridgehead atoms. The number of halogens is 1. The van der Waals surface area contributed by atoms with Gasteiger partial charge in [0, 0.05) is 13.1 Å². The molecule has 40 heavy (non-hydrogen) atoms. The van der Waals surface area contributed by atoms with Gasteiger partial charge in [-0.2, -0.15) is 0 Å². The van der Waals surface area contributed by atoms with Gasteiger partial charge >= 0.3 is 0 Å². The van der Waals surface area contributed by atoms with Crippen molar-refractivity contribution in [1.82, 2.24) is 10.2 Å². The molecule has 0 unspecified atom stereocenters. The molecule has 0 aliphatic rings. The van der Waals surface area contributed by atoms with Gasteiger partial charge < -0.3 is 15.0 Å². The highest BCUT2D eigenvalue weighted by Crippen LogP contribution is 2.26. The third kappa shape index (κ3) is 7.59. The van der Waals surface area contributed by atoms with Crippen LogP contribution in [0.4, 0.5) is 10.1 Å². The molecule has 214 valence electrons. The Bertz CT molecular complexity index is 1410. The lowest BCUT2D eigenvalue weighted by Crippen LogP contribution is -2.51. The summed E-state index contributed by atoms with van der Waals surface area (Å²) in [5.74, 6) is -0.804. The van der Waals surface area contributed by atoms with E-state index in [9.17, 15) is 22.4 Å². The van der Waals surface area contributed by atoms with Crippen molar-refractivity contribution in [2.45, 2.75) is 45.2 Å². The summed E-state index contributed by atoms with van der Waals surface area (Å²) in [5, 5.41) is 2.86. The summed E-state index contributed by atoms with van der Waals surface area (Å²) in [7, 11) is -2.79. The number of rotatable bonds is 12. The van der Waals surface area contributed by atoms with E-state index in [2.05, 4.69) is 5.32 Å². The highest BCUT2D eigenvalue weighted by molar-refractivity contribution is 7.92. The monoisotopic (exact) mass is 569 g/mol. The highest BCUT2D eigenvalue weighted by atomic mass is 32.2. The molecule has 0 saturated carbocycles. The number of benzene rings is 3. The van der Waals surface area contributed by atoms with Gasteiger partial charge in [-0.1, -0.05) is 38.1 Å². The number of nitrogens with one attached hydrogen (secondary N) is 1. The number of amides is 2. The number of carbonyl (C=O) groups is 2. The molecule has 0 radical (unpaired) electrons. The molecule has 0 saturated heterocycles. The summed E-state index contributed by atoms with van der Waals surface area (Å²) >= 11 is 0. The molecule has 8 nitrogen and oxygen atoms in total. The molecule has 3 aromatic rings. The minimum atomic E-state index is -4.26. The highest BCUT2D eigenvalue weighted by Gasteiger charge is 2.32. The second-order valence-electron chi connectivity index (χ2n) is 9.93. The average Bonchev–Trinajstić information content (AvgIpc) is 2.94. The van der Waals surface area contributed by atoms with Crippen LogP contribution in [0.3, 0.4) is 0 Å². The topological polar surface area (TPSA) is 96.0 Å². The zero-order valence-corrected chi connectivity index (χ0v) is 24.2. The molecular formula is C30H36FN3O5S. The number of anilines is 1. The van der Waals surface area contributed by atoms with Crippen LogP contribution in [-0.2, 0) is 26.2 Å². The predicted molar refractivity (Wildman–Crippen MR) is 153 cm³/mol. The van der Waals surface area contributed by atoms with E-state index in [-0.39, 0.29) is 29.0 Å². The van der Waals surface area contributed by atoms with Gasteiger partial charge in [0.05, 0.1) is 17.7 Å². The third-order valence-electron chi connectivity index (χ3n) is 6.49. The molecule has 0 spiro atoms. The maximum Gasteiger partial charge on any atom is 0.264 e. The van der Waals surface area contributed by atoms with Crippen LogP contribution in [0.5, 0.6) is 5.75 Å². The Morgan fingerprint density at radius 3 is 2.15 bits per heavy atom. The molecule has 2 amide bonds. The first-order chi connectivity index (χ1) is 18.9. The Morgan fingerprint density at radius 2 is 1.57 bits per heavy atom. The summed E-state index contributed by atoms with van der Waals surface area (Å²) < 4.78 is 47.4. The zero-order chi connectivity index (χ0) is 29.4. The molecule has 0 aromatic heterocycles. The normalized spacial score (nSPS) is 12.1. The number of methoxy groups -OCH3 is 1. The SMILES string of the molecule is COc1ccc(S(=O)(=O)N(CC(=O)N(Cc2ccccc2C)[C@H](C)C(=O)NCC(C)C)c2ccc(F)cc2)cc1. The number of nitrogens with zero attached hydrogens (tertiary/aromatic N) is 2. The quantitative estimate of drug-likeness (QED) is 0.346. The number of hydrogen-bond acceptors (Lipinski definition) is 5. The summed E-state index contributed by atoms with van der Waals surface area (Å²) in [5.41, 5.74) is 1.86. The zero-order valence-electron chi connectivity index (χ0n) is 23.4. The minimum absolute atomic E-state index is 0.0707. The average molecular weight is 570 g/mol. The Kier molecular flexibility index (Phi) is 10.3. The van der Waals surface area contributed by atoms with E-state index in [0.29, 0.717) is 12.3 Å². The van der Waals surface area contributed by atoms with Crippen molar-refractivity contribution >= 4 is 27.5 Å². The summed E-state index contributed by atoms with van der Waals surface area (Å²) in [6, 6.07) is 17.2. The largest absolute Gasteiger partial charge is 0.497 e. The molecule has 1 N–H and O–H groups in total. The maximum absolute atomic E-state index is 13.9. The van der Waals surface area contributed by atoms with Gasteiger partial charge in [0.1, 0.15) is 24.2 Å². The summed E-state index contributed by atoms with van der Waals surface area (Å²) in [6.07, 6.45) is 0. The van der Waals surface area contributed by atoms with Gasteiger partial charge in [0.15, 0.2) is 0 Å². The predicted octanol–water partition coefficient (Wildman–Crippen LogP) is 4.53. The number of aryl methyl sites for hydroxylation is 1. The van der Waals surface area contributed by atoms with Crippen molar-refractivity contribution in [3.63, 3.8) is 0 Å². The Balaban J connectivity index is 2.02. The lowest BCUT2D eigenvalue weighted by molar-refractivity contribution is -0.139. The molecule has 3 rings (SSSR count). The molecule has 0 fully saturated rings. The van der Waals surface area contributed by atoms with E-state index in [1.807, 2.05) is 45.0 Å². The maximum atomic E-state index is 13.9. The van der Waals surface area contributed by atoms with E-state index in [0.717, 1.165) is 27.6 Å². The first-order valence-corrected chi connectivity index (χ1v) is 14.4. The number of carbonyl (C=O) groups excluding carboxylic acids is 2. The standard InChI is InChI=1S/C30H36FN3O5S/c1-21(2)18-32-30(36)23(4)33(19-24-9-7-6-8-22(24)3)29(35)20-34(26-12-10-25(31)11-13-26)40(37,38)28-16-14-27(39-5)15-17-28/h6-17,21,23H,18-20H2,1-5H3,(H,32,36)/t23-/m1/s1. The van der Waals surface area contributed by atoms with Crippen molar-refractivity contribution in [2.75, 3.05) is 24.5 Å². The smallest absolute Gasteiger partial charge is 0.264 e. The molecule has 0 aliphatic carbocycles. The lowest BCUT2D eigenvalue weighted by Gasteiger charge is -2.32. The summed E-state index contributed by atoms with van der Waals surface area (Å²) in [6.45, 7) is 7.38. The number of sulfonamides is 1. The van der Waals surface area contributed by atoms with Crippen LogP contribution in [0.1, 0.15) is 31.9 Å². The van der Waals surface area contributed by atoms with Gasteiger partial charge in [-0.25, -0.2) is 12.8 Å². The van der Waals surface area contributed by atoms with Crippen LogP contribution in [0.15, 0.2) is 77.7 Å². The van der Waals surface area contributed by atoms with Gasteiger partial charge in [-0.05, 0) is 79.4 Å². The van der Waals surface area contributed by atoms with Gasteiger partial charge in [0.25, 0.3) is 10.0 Å². The van der Waals surface area contributed by atoms with Crippen LogP contribution in [-0.4, -0.2) is 51.4 Å². The Labute approximate surface area is 235 Å². The van der Waals surface area contributed by atoms with Crippen molar-refractivity contribution in [3.8, 4) is 5.75 Å².